The van der Waals surface area contributed by atoms with Crippen LogP contribution in [0.25, 0.3) is 5.69 Å². The summed E-state index contributed by atoms with van der Waals surface area (Å²) in [5.41, 5.74) is 2.82. The molecule has 3 nitrogen and oxygen atoms in total. The third-order valence-corrected chi connectivity index (χ3v) is 2.45. The molecule has 0 aliphatic heterocycles. The molecule has 76 valence electrons. The van der Waals surface area contributed by atoms with Crippen LogP contribution in [-0.4, -0.2) is 15.8 Å². The second kappa shape index (κ2) is 3.69. The summed E-state index contributed by atoms with van der Waals surface area (Å²) in [5.74, 6) is 0.918. The van der Waals surface area contributed by atoms with Gasteiger partial charge in [-0.25, -0.2) is 4.98 Å². The normalized spacial score (nSPS) is 10.3. The van der Waals surface area contributed by atoms with Gasteiger partial charge in [-0.3, -0.25) is 4.79 Å². The summed E-state index contributed by atoms with van der Waals surface area (Å²) in [6.45, 7) is 3.95. The molecule has 0 aliphatic carbocycles. The van der Waals surface area contributed by atoms with Gasteiger partial charge in [0.2, 0.25) is 0 Å². The number of benzene rings is 1. The lowest BCUT2D eigenvalue weighted by atomic mass is 10.1. The molecular formula is C12H12N2O. The number of aryl methyl sites for hydroxylation is 2. The third-order valence-electron chi connectivity index (χ3n) is 2.45. The Morgan fingerprint density at radius 2 is 2.13 bits per heavy atom. The smallest absolute Gasteiger partial charge is 0.150 e. The Labute approximate surface area is 88.4 Å². The maximum absolute atomic E-state index is 10.7. The van der Waals surface area contributed by atoms with Crippen molar-refractivity contribution in [2.45, 2.75) is 13.8 Å². The molecule has 1 aromatic heterocycles. The van der Waals surface area contributed by atoms with Gasteiger partial charge in [-0.05, 0) is 25.5 Å². The van der Waals surface area contributed by atoms with Crippen LogP contribution in [0.5, 0.6) is 0 Å². The Morgan fingerprint density at radius 1 is 1.33 bits per heavy atom. The van der Waals surface area contributed by atoms with E-state index < -0.39 is 0 Å². The van der Waals surface area contributed by atoms with E-state index >= 15 is 0 Å². The largest absolute Gasteiger partial charge is 0.304 e. The average molecular weight is 200 g/mol. The van der Waals surface area contributed by atoms with Gasteiger partial charge < -0.3 is 4.57 Å². The van der Waals surface area contributed by atoms with Gasteiger partial charge in [0, 0.05) is 18.0 Å². The van der Waals surface area contributed by atoms with Crippen molar-refractivity contribution in [3.05, 3.63) is 47.5 Å². The highest BCUT2D eigenvalue weighted by Crippen LogP contribution is 2.16. The van der Waals surface area contributed by atoms with E-state index in [9.17, 15) is 4.79 Å². The summed E-state index contributed by atoms with van der Waals surface area (Å²) in [5, 5.41) is 0. The summed E-state index contributed by atoms with van der Waals surface area (Å²) in [6, 6.07) is 5.63. The van der Waals surface area contributed by atoms with Gasteiger partial charge in [-0.2, -0.15) is 0 Å². The molecule has 0 spiro atoms. The second-order valence-corrected chi connectivity index (χ2v) is 3.51. The molecule has 15 heavy (non-hydrogen) atoms. The molecule has 0 fully saturated rings. The minimum atomic E-state index is 0.684. The van der Waals surface area contributed by atoms with E-state index in [4.69, 9.17) is 0 Å². The molecular weight excluding hydrogens is 188 g/mol. The van der Waals surface area contributed by atoms with Crippen molar-refractivity contribution in [3.8, 4) is 5.69 Å². The van der Waals surface area contributed by atoms with Crippen LogP contribution in [0.15, 0.2) is 30.6 Å². The highest BCUT2D eigenvalue weighted by Gasteiger charge is 2.04. The first-order chi connectivity index (χ1) is 7.22. The summed E-state index contributed by atoms with van der Waals surface area (Å²) in [7, 11) is 0. The maximum atomic E-state index is 10.7. The van der Waals surface area contributed by atoms with Crippen molar-refractivity contribution in [1.29, 1.82) is 0 Å². The van der Waals surface area contributed by atoms with Gasteiger partial charge in [-0.1, -0.05) is 12.1 Å². The fourth-order valence-corrected chi connectivity index (χ4v) is 1.59. The lowest BCUT2D eigenvalue weighted by Gasteiger charge is -2.09. The Morgan fingerprint density at radius 3 is 2.73 bits per heavy atom. The first-order valence-corrected chi connectivity index (χ1v) is 4.78. The monoisotopic (exact) mass is 200 g/mol. The van der Waals surface area contributed by atoms with E-state index in [0.717, 1.165) is 23.4 Å². The van der Waals surface area contributed by atoms with Crippen LogP contribution in [0, 0.1) is 13.8 Å². The second-order valence-electron chi connectivity index (χ2n) is 3.51. The summed E-state index contributed by atoms with van der Waals surface area (Å²) >= 11 is 0. The predicted molar refractivity (Wildman–Crippen MR) is 58.4 cm³/mol. The van der Waals surface area contributed by atoms with E-state index in [1.54, 1.807) is 6.20 Å². The van der Waals surface area contributed by atoms with Crippen molar-refractivity contribution in [2.75, 3.05) is 0 Å². The molecule has 0 radical (unpaired) electrons. The van der Waals surface area contributed by atoms with Crippen molar-refractivity contribution in [1.82, 2.24) is 9.55 Å². The van der Waals surface area contributed by atoms with Crippen LogP contribution in [0.3, 0.4) is 0 Å². The Bertz CT molecular complexity index is 500. The number of carbonyl (C=O) groups is 1. The molecule has 0 N–H and O–H groups in total. The molecule has 3 heteroatoms. The first-order valence-electron chi connectivity index (χ1n) is 4.78. The van der Waals surface area contributed by atoms with Gasteiger partial charge in [-0.15, -0.1) is 0 Å². The molecule has 0 saturated carbocycles. The molecule has 1 aromatic carbocycles. The number of hydrogen-bond donors (Lipinski definition) is 0. The Kier molecular flexibility index (Phi) is 2.37. The van der Waals surface area contributed by atoms with E-state index in [1.807, 2.05) is 42.8 Å². The molecule has 0 atom stereocenters. The maximum Gasteiger partial charge on any atom is 0.150 e. The van der Waals surface area contributed by atoms with Crippen molar-refractivity contribution >= 4 is 6.29 Å². The standard InChI is InChI=1S/C12H12N2O/c1-9-3-4-11(8-15)7-12(9)14-6-5-13-10(14)2/h3-8H,1-2H3. The molecule has 0 aliphatic rings. The molecule has 0 saturated heterocycles. The van der Waals surface area contributed by atoms with Crippen LogP contribution in [0.1, 0.15) is 21.7 Å². The minimum Gasteiger partial charge on any atom is -0.304 e. The Balaban J connectivity index is 2.61. The molecule has 0 bridgehead atoms. The summed E-state index contributed by atoms with van der Waals surface area (Å²) in [4.78, 5) is 14.9. The Hall–Kier alpha value is -1.90. The SMILES string of the molecule is Cc1ccc(C=O)cc1-n1ccnc1C. The molecule has 0 unspecified atom stereocenters. The van der Waals surface area contributed by atoms with Crippen molar-refractivity contribution < 1.29 is 4.79 Å². The topological polar surface area (TPSA) is 34.9 Å². The third kappa shape index (κ3) is 1.68. The molecule has 1 heterocycles. The number of rotatable bonds is 2. The number of hydrogen-bond acceptors (Lipinski definition) is 2. The molecule has 0 amide bonds. The number of carbonyl (C=O) groups excluding carboxylic acids is 1. The van der Waals surface area contributed by atoms with Gasteiger partial charge in [0.15, 0.2) is 0 Å². The predicted octanol–water partition coefficient (Wildman–Crippen LogP) is 2.30. The fraction of sp³-hybridized carbons (Fsp3) is 0.167. The van der Waals surface area contributed by atoms with E-state index in [-0.39, 0.29) is 0 Å². The summed E-state index contributed by atoms with van der Waals surface area (Å²) < 4.78 is 1.97. The van der Waals surface area contributed by atoms with Crippen LogP contribution in [0.4, 0.5) is 0 Å². The van der Waals surface area contributed by atoms with Crippen LogP contribution < -0.4 is 0 Å². The quantitative estimate of drug-likeness (QED) is 0.697. The zero-order valence-corrected chi connectivity index (χ0v) is 8.77. The van der Waals surface area contributed by atoms with Crippen LogP contribution in [-0.2, 0) is 0 Å². The number of imidazole rings is 1. The zero-order valence-electron chi connectivity index (χ0n) is 8.77. The molecule has 2 aromatic rings. The molecule has 2 rings (SSSR count). The fourth-order valence-electron chi connectivity index (χ4n) is 1.59. The van der Waals surface area contributed by atoms with Gasteiger partial charge >= 0.3 is 0 Å². The average Bonchev–Trinajstić information content (AvgIpc) is 2.65. The zero-order chi connectivity index (χ0) is 10.8. The number of aldehydes is 1. The van der Waals surface area contributed by atoms with E-state index in [2.05, 4.69) is 4.98 Å². The van der Waals surface area contributed by atoms with Gasteiger partial charge in [0.25, 0.3) is 0 Å². The van der Waals surface area contributed by atoms with Gasteiger partial charge in [0.05, 0.1) is 5.69 Å². The summed E-state index contributed by atoms with van der Waals surface area (Å²) in [6.07, 6.45) is 4.50. The van der Waals surface area contributed by atoms with E-state index in [0.29, 0.717) is 5.56 Å². The number of aromatic nitrogens is 2. The van der Waals surface area contributed by atoms with Crippen molar-refractivity contribution in [2.24, 2.45) is 0 Å². The highest BCUT2D eigenvalue weighted by atomic mass is 16.1. The van der Waals surface area contributed by atoms with E-state index in [1.165, 1.54) is 0 Å². The van der Waals surface area contributed by atoms with Crippen LogP contribution in [0.2, 0.25) is 0 Å². The number of nitrogens with zero attached hydrogens (tertiary/aromatic N) is 2. The lowest BCUT2D eigenvalue weighted by molar-refractivity contribution is 0.112. The van der Waals surface area contributed by atoms with Crippen molar-refractivity contribution in [3.63, 3.8) is 0 Å². The van der Waals surface area contributed by atoms with Crippen LogP contribution >= 0.6 is 0 Å². The first kappa shape index (κ1) is 9.65. The highest BCUT2D eigenvalue weighted by molar-refractivity contribution is 5.76. The minimum absolute atomic E-state index is 0.684. The lowest BCUT2D eigenvalue weighted by Crippen LogP contribution is -1.99. The van der Waals surface area contributed by atoms with Gasteiger partial charge in [0.1, 0.15) is 12.1 Å².